The molecule has 0 saturated carbocycles. The molecule has 1 rings (SSSR count). The van der Waals surface area contributed by atoms with Gasteiger partial charge in [-0.15, -0.1) is 6.58 Å². The zero-order valence-corrected chi connectivity index (χ0v) is 10.4. The highest BCUT2D eigenvalue weighted by molar-refractivity contribution is 5.47. The van der Waals surface area contributed by atoms with E-state index in [1.807, 2.05) is 6.08 Å². The van der Waals surface area contributed by atoms with Crippen LogP contribution in [0, 0.1) is 6.92 Å². The largest absolute Gasteiger partial charge is 0.371 e. The molecule has 0 aliphatic heterocycles. The maximum absolute atomic E-state index is 3.69. The molecular formula is C14H22N2. The summed E-state index contributed by atoms with van der Waals surface area (Å²) in [4.78, 5) is 2.37. The quantitative estimate of drug-likeness (QED) is 0.559. The number of nitrogens with one attached hydrogen (secondary N) is 1. The Kier molecular flexibility index (Phi) is 5.65. The topological polar surface area (TPSA) is 15.3 Å². The van der Waals surface area contributed by atoms with Gasteiger partial charge in [-0.2, -0.15) is 0 Å². The van der Waals surface area contributed by atoms with Crippen molar-refractivity contribution in [3.63, 3.8) is 0 Å². The standard InChI is InChI=1S/C14H22N2/c1-4-10-15-11-12-16(5-2)14-8-6-13(3)7-9-14/h4,6-9,15H,1,5,10-12H2,2-3H3. The summed E-state index contributed by atoms with van der Waals surface area (Å²) in [7, 11) is 0. The molecule has 0 fully saturated rings. The van der Waals surface area contributed by atoms with E-state index >= 15 is 0 Å². The van der Waals surface area contributed by atoms with Gasteiger partial charge in [0.25, 0.3) is 0 Å². The third-order valence-corrected chi connectivity index (χ3v) is 2.63. The van der Waals surface area contributed by atoms with Crippen LogP contribution in [0.3, 0.4) is 0 Å². The lowest BCUT2D eigenvalue weighted by Crippen LogP contribution is -2.32. The van der Waals surface area contributed by atoms with Crippen LogP contribution in [0.1, 0.15) is 12.5 Å². The van der Waals surface area contributed by atoms with Crippen molar-refractivity contribution in [2.75, 3.05) is 31.1 Å². The highest BCUT2D eigenvalue weighted by Gasteiger charge is 2.02. The van der Waals surface area contributed by atoms with Crippen molar-refractivity contribution in [1.29, 1.82) is 0 Å². The van der Waals surface area contributed by atoms with E-state index in [4.69, 9.17) is 0 Å². The van der Waals surface area contributed by atoms with Crippen LogP contribution in [-0.4, -0.2) is 26.2 Å². The van der Waals surface area contributed by atoms with Crippen LogP contribution in [-0.2, 0) is 0 Å². The molecule has 0 unspecified atom stereocenters. The lowest BCUT2D eigenvalue weighted by atomic mass is 10.2. The lowest BCUT2D eigenvalue weighted by Gasteiger charge is -2.23. The summed E-state index contributed by atoms with van der Waals surface area (Å²) >= 11 is 0. The molecule has 1 aromatic rings. The van der Waals surface area contributed by atoms with Crippen molar-refractivity contribution in [2.24, 2.45) is 0 Å². The number of benzene rings is 1. The van der Waals surface area contributed by atoms with Gasteiger partial charge in [0, 0.05) is 31.9 Å². The Hall–Kier alpha value is -1.28. The average Bonchev–Trinajstić information content (AvgIpc) is 2.31. The Balaban J connectivity index is 2.47. The highest BCUT2D eigenvalue weighted by atomic mass is 15.1. The van der Waals surface area contributed by atoms with Crippen LogP contribution in [0.2, 0.25) is 0 Å². The summed E-state index contributed by atoms with van der Waals surface area (Å²) in [5.41, 5.74) is 2.61. The molecule has 0 aliphatic carbocycles. The minimum atomic E-state index is 0.880. The van der Waals surface area contributed by atoms with E-state index in [-0.39, 0.29) is 0 Å². The molecular weight excluding hydrogens is 196 g/mol. The summed E-state index contributed by atoms with van der Waals surface area (Å²) in [6, 6.07) is 8.70. The summed E-state index contributed by atoms with van der Waals surface area (Å²) < 4.78 is 0. The second kappa shape index (κ2) is 7.07. The molecule has 2 heteroatoms. The smallest absolute Gasteiger partial charge is 0.0366 e. The molecule has 0 bridgehead atoms. The minimum absolute atomic E-state index is 0.880. The molecule has 0 atom stereocenters. The first-order chi connectivity index (χ1) is 7.77. The molecule has 0 spiro atoms. The van der Waals surface area contributed by atoms with Gasteiger partial charge >= 0.3 is 0 Å². The Morgan fingerprint density at radius 1 is 1.31 bits per heavy atom. The van der Waals surface area contributed by atoms with E-state index in [9.17, 15) is 0 Å². The Labute approximate surface area is 99.0 Å². The summed E-state index contributed by atoms with van der Waals surface area (Å²) in [5.74, 6) is 0. The second-order valence-corrected chi connectivity index (χ2v) is 3.91. The number of hydrogen-bond donors (Lipinski definition) is 1. The lowest BCUT2D eigenvalue weighted by molar-refractivity contribution is 0.708. The maximum Gasteiger partial charge on any atom is 0.0366 e. The van der Waals surface area contributed by atoms with Gasteiger partial charge in [-0.25, -0.2) is 0 Å². The van der Waals surface area contributed by atoms with Gasteiger partial charge in [0.2, 0.25) is 0 Å². The average molecular weight is 218 g/mol. The molecule has 1 aromatic carbocycles. The molecule has 0 amide bonds. The fourth-order valence-electron chi connectivity index (χ4n) is 1.64. The molecule has 2 nitrogen and oxygen atoms in total. The van der Waals surface area contributed by atoms with Crippen molar-refractivity contribution in [1.82, 2.24) is 5.32 Å². The molecule has 0 aliphatic rings. The van der Waals surface area contributed by atoms with Gasteiger partial charge < -0.3 is 10.2 Å². The zero-order chi connectivity index (χ0) is 11.8. The SMILES string of the molecule is C=CCNCCN(CC)c1ccc(C)cc1. The fourth-order valence-corrected chi connectivity index (χ4v) is 1.64. The third kappa shape index (κ3) is 4.07. The first-order valence-electron chi connectivity index (χ1n) is 5.91. The fraction of sp³-hybridized carbons (Fsp3) is 0.429. The van der Waals surface area contributed by atoms with Gasteiger partial charge in [0.15, 0.2) is 0 Å². The molecule has 0 heterocycles. The number of aryl methyl sites for hydroxylation is 1. The summed E-state index contributed by atoms with van der Waals surface area (Å²) in [6.07, 6.45) is 1.89. The van der Waals surface area contributed by atoms with Crippen LogP contribution in [0.5, 0.6) is 0 Å². The van der Waals surface area contributed by atoms with Crippen molar-refractivity contribution in [2.45, 2.75) is 13.8 Å². The maximum atomic E-state index is 3.69. The van der Waals surface area contributed by atoms with Gasteiger partial charge in [-0.3, -0.25) is 0 Å². The van der Waals surface area contributed by atoms with Gasteiger partial charge in [-0.1, -0.05) is 23.8 Å². The van der Waals surface area contributed by atoms with E-state index in [2.05, 4.69) is 54.9 Å². The molecule has 0 aromatic heterocycles. The Morgan fingerprint density at radius 2 is 2.00 bits per heavy atom. The molecule has 1 N–H and O–H groups in total. The van der Waals surface area contributed by atoms with Gasteiger partial charge in [0.05, 0.1) is 0 Å². The van der Waals surface area contributed by atoms with Crippen LogP contribution in [0.25, 0.3) is 0 Å². The number of nitrogens with zero attached hydrogens (tertiary/aromatic N) is 1. The van der Waals surface area contributed by atoms with Crippen LogP contribution in [0.15, 0.2) is 36.9 Å². The van der Waals surface area contributed by atoms with Crippen LogP contribution in [0.4, 0.5) is 5.69 Å². The van der Waals surface area contributed by atoms with Gasteiger partial charge in [-0.05, 0) is 26.0 Å². The summed E-state index contributed by atoms with van der Waals surface area (Å²) in [5, 5.41) is 3.32. The van der Waals surface area contributed by atoms with Crippen LogP contribution >= 0.6 is 0 Å². The predicted molar refractivity (Wildman–Crippen MR) is 72.1 cm³/mol. The third-order valence-electron chi connectivity index (χ3n) is 2.63. The summed E-state index contributed by atoms with van der Waals surface area (Å²) in [6.45, 7) is 11.9. The first kappa shape index (κ1) is 12.8. The molecule has 16 heavy (non-hydrogen) atoms. The second-order valence-electron chi connectivity index (χ2n) is 3.91. The normalized spacial score (nSPS) is 10.1. The van der Waals surface area contributed by atoms with Crippen molar-refractivity contribution in [3.8, 4) is 0 Å². The molecule has 88 valence electrons. The minimum Gasteiger partial charge on any atom is -0.371 e. The van der Waals surface area contributed by atoms with Gasteiger partial charge in [0.1, 0.15) is 0 Å². The van der Waals surface area contributed by atoms with Crippen molar-refractivity contribution >= 4 is 5.69 Å². The first-order valence-corrected chi connectivity index (χ1v) is 5.91. The van der Waals surface area contributed by atoms with E-state index in [1.54, 1.807) is 0 Å². The van der Waals surface area contributed by atoms with Crippen molar-refractivity contribution < 1.29 is 0 Å². The van der Waals surface area contributed by atoms with E-state index < -0.39 is 0 Å². The highest BCUT2D eigenvalue weighted by Crippen LogP contribution is 2.13. The molecule has 0 saturated heterocycles. The zero-order valence-electron chi connectivity index (χ0n) is 10.4. The van der Waals surface area contributed by atoms with E-state index in [1.165, 1.54) is 11.3 Å². The van der Waals surface area contributed by atoms with E-state index in [0.29, 0.717) is 0 Å². The number of likely N-dealkylation sites (N-methyl/N-ethyl adjacent to an activating group) is 1. The van der Waals surface area contributed by atoms with Crippen molar-refractivity contribution in [3.05, 3.63) is 42.5 Å². The molecule has 0 radical (unpaired) electrons. The number of rotatable bonds is 7. The number of hydrogen-bond acceptors (Lipinski definition) is 2. The van der Waals surface area contributed by atoms with Crippen LogP contribution < -0.4 is 10.2 Å². The van der Waals surface area contributed by atoms with E-state index in [0.717, 1.165) is 26.2 Å². The monoisotopic (exact) mass is 218 g/mol. The Bertz CT molecular complexity index is 303. The predicted octanol–water partition coefficient (Wildman–Crippen LogP) is 2.60. The Morgan fingerprint density at radius 3 is 2.56 bits per heavy atom. The number of anilines is 1.